The van der Waals surface area contributed by atoms with Crippen LogP contribution in [0.3, 0.4) is 0 Å². The van der Waals surface area contributed by atoms with E-state index in [2.05, 4.69) is 11.6 Å². The number of rotatable bonds is 4. The van der Waals surface area contributed by atoms with Crippen molar-refractivity contribution in [1.82, 2.24) is 9.55 Å². The maximum atomic E-state index is 11.8. The number of H-pyrrole nitrogens is 1. The molecular formula is C12H16N2O5. The summed E-state index contributed by atoms with van der Waals surface area (Å²) in [4.78, 5) is 25.5. The summed E-state index contributed by atoms with van der Waals surface area (Å²) in [6.45, 7) is 3.30. The van der Waals surface area contributed by atoms with Crippen molar-refractivity contribution >= 4 is 0 Å². The lowest BCUT2D eigenvalue weighted by molar-refractivity contribution is -0.0531. The Morgan fingerprint density at radius 3 is 2.89 bits per heavy atom. The average Bonchev–Trinajstić information content (AvgIpc) is 2.74. The molecule has 0 spiro atoms. The van der Waals surface area contributed by atoms with E-state index in [0.717, 1.165) is 4.57 Å². The molecule has 7 nitrogen and oxygen atoms in total. The Morgan fingerprint density at radius 1 is 1.58 bits per heavy atom. The van der Waals surface area contributed by atoms with Gasteiger partial charge in [-0.2, -0.15) is 0 Å². The molecule has 1 fully saturated rings. The number of aliphatic hydroxyl groups excluding tert-OH is 2. The molecule has 0 amide bonds. The van der Waals surface area contributed by atoms with Gasteiger partial charge in [-0.25, -0.2) is 4.79 Å². The zero-order valence-corrected chi connectivity index (χ0v) is 10.3. The number of nitrogens with zero attached hydrogens (tertiary/aromatic N) is 1. The Balaban J connectivity index is 2.39. The molecule has 19 heavy (non-hydrogen) atoms. The van der Waals surface area contributed by atoms with E-state index < -0.39 is 29.7 Å². The van der Waals surface area contributed by atoms with Crippen molar-refractivity contribution in [2.75, 3.05) is 6.61 Å². The molecule has 0 unspecified atom stereocenters. The van der Waals surface area contributed by atoms with Crippen molar-refractivity contribution in [2.45, 2.75) is 31.3 Å². The number of allylic oxidation sites excluding steroid dienone is 1. The molecular weight excluding hydrogens is 252 g/mol. The fourth-order valence-corrected chi connectivity index (χ4v) is 2.11. The van der Waals surface area contributed by atoms with Gasteiger partial charge >= 0.3 is 5.69 Å². The van der Waals surface area contributed by atoms with Crippen molar-refractivity contribution in [3.8, 4) is 0 Å². The second-order valence-electron chi connectivity index (χ2n) is 4.45. The molecule has 0 saturated carbocycles. The van der Waals surface area contributed by atoms with Crippen LogP contribution in [0.5, 0.6) is 0 Å². The lowest BCUT2D eigenvalue weighted by atomic mass is 10.2. The van der Waals surface area contributed by atoms with E-state index in [4.69, 9.17) is 9.84 Å². The normalized spacial score (nSPS) is 26.5. The first-order valence-corrected chi connectivity index (χ1v) is 5.96. The van der Waals surface area contributed by atoms with Gasteiger partial charge < -0.3 is 14.9 Å². The quantitative estimate of drug-likeness (QED) is 0.602. The Labute approximate surface area is 108 Å². The van der Waals surface area contributed by atoms with Crippen LogP contribution in [0.2, 0.25) is 0 Å². The smallest absolute Gasteiger partial charge is 0.330 e. The molecule has 2 heterocycles. The van der Waals surface area contributed by atoms with Crippen LogP contribution in [-0.4, -0.2) is 38.6 Å². The molecule has 7 heteroatoms. The average molecular weight is 268 g/mol. The third-order valence-electron chi connectivity index (χ3n) is 3.05. The number of hydrogen-bond donors (Lipinski definition) is 3. The highest BCUT2D eigenvalue weighted by atomic mass is 16.5. The Bertz CT molecular complexity index is 576. The maximum absolute atomic E-state index is 11.8. The number of ether oxygens (including phenoxy) is 1. The molecule has 0 aliphatic carbocycles. The molecule has 1 aromatic heterocycles. The standard InChI is InChI=1S/C12H16N2O5/c1-2-3-7-5-14(12(18)13-10(7)17)11-9(16)4-8(6-15)19-11/h2,5,8-9,11,15-16H,1,3-4,6H2,(H,13,17,18)/t8-,9+,11+/m0/s1. The van der Waals surface area contributed by atoms with Crippen LogP contribution in [0.4, 0.5) is 0 Å². The zero-order chi connectivity index (χ0) is 14.0. The summed E-state index contributed by atoms with van der Waals surface area (Å²) in [6.07, 6.45) is 1.13. The van der Waals surface area contributed by atoms with Crippen LogP contribution in [0.25, 0.3) is 0 Å². The molecule has 0 bridgehead atoms. The van der Waals surface area contributed by atoms with Gasteiger partial charge in [0.25, 0.3) is 5.56 Å². The van der Waals surface area contributed by atoms with E-state index in [-0.39, 0.29) is 13.0 Å². The van der Waals surface area contributed by atoms with Crippen LogP contribution < -0.4 is 11.2 Å². The van der Waals surface area contributed by atoms with E-state index in [9.17, 15) is 14.7 Å². The Kier molecular flexibility index (Phi) is 3.98. The minimum atomic E-state index is -0.905. The van der Waals surface area contributed by atoms with Crippen LogP contribution in [0.15, 0.2) is 28.4 Å². The number of nitrogens with one attached hydrogen (secondary N) is 1. The van der Waals surface area contributed by atoms with Crippen LogP contribution in [0, 0.1) is 0 Å². The number of aromatic amines is 1. The van der Waals surface area contributed by atoms with Gasteiger partial charge in [-0.1, -0.05) is 6.08 Å². The fourth-order valence-electron chi connectivity index (χ4n) is 2.11. The van der Waals surface area contributed by atoms with Gasteiger partial charge in [-0.3, -0.25) is 14.3 Å². The molecule has 1 aromatic rings. The van der Waals surface area contributed by atoms with Gasteiger partial charge in [0.1, 0.15) is 6.10 Å². The lowest BCUT2D eigenvalue weighted by Crippen LogP contribution is -2.36. The maximum Gasteiger partial charge on any atom is 0.330 e. The van der Waals surface area contributed by atoms with E-state index >= 15 is 0 Å². The van der Waals surface area contributed by atoms with Crippen LogP contribution in [0.1, 0.15) is 18.2 Å². The second-order valence-corrected chi connectivity index (χ2v) is 4.45. The molecule has 1 saturated heterocycles. The highest BCUT2D eigenvalue weighted by Gasteiger charge is 2.35. The zero-order valence-electron chi connectivity index (χ0n) is 10.3. The van der Waals surface area contributed by atoms with Crippen LogP contribution >= 0.6 is 0 Å². The van der Waals surface area contributed by atoms with E-state index in [0.29, 0.717) is 12.0 Å². The minimum absolute atomic E-state index is 0.231. The first kappa shape index (κ1) is 13.7. The molecule has 1 aliphatic rings. The summed E-state index contributed by atoms with van der Waals surface area (Å²) in [5.74, 6) is 0. The third kappa shape index (κ3) is 2.67. The first-order chi connectivity index (χ1) is 9.06. The fraction of sp³-hybridized carbons (Fsp3) is 0.500. The highest BCUT2D eigenvalue weighted by Crippen LogP contribution is 2.27. The summed E-state index contributed by atoms with van der Waals surface area (Å²) >= 11 is 0. The molecule has 3 N–H and O–H groups in total. The van der Waals surface area contributed by atoms with Gasteiger partial charge in [-0.05, 0) is 6.42 Å². The first-order valence-electron chi connectivity index (χ1n) is 5.96. The van der Waals surface area contributed by atoms with Gasteiger partial charge in [-0.15, -0.1) is 6.58 Å². The summed E-state index contributed by atoms with van der Waals surface area (Å²) in [5.41, 5.74) is -0.773. The van der Waals surface area contributed by atoms with Crippen molar-refractivity contribution in [1.29, 1.82) is 0 Å². The lowest BCUT2D eigenvalue weighted by Gasteiger charge is -2.17. The highest BCUT2D eigenvalue weighted by molar-refractivity contribution is 5.09. The summed E-state index contributed by atoms with van der Waals surface area (Å²) < 4.78 is 6.52. The third-order valence-corrected chi connectivity index (χ3v) is 3.05. The summed E-state index contributed by atoms with van der Waals surface area (Å²) in [5, 5.41) is 18.9. The van der Waals surface area contributed by atoms with Gasteiger partial charge in [0.05, 0.1) is 12.7 Å². The van der Waals surface area contributed by atoms with E-state index in [1.54, 1.807) is 6.08 Å². The largest absolute Gasteiger partial charge is 0.394 e. The van der Waals surface area contributed by atoms with Crippen LogP contribution in [-0.2, 0) is 11.2 Å². The minimum Gasteiger partial charge on any atom is -0.394 e. The molecule has 3 atom stereocenters. The van der Waals surface area contributed by atoms with Crippen molar-refractivity contribution in [2.24, 2.45) is 0 Å². The van der Waals surface area contributed by atoms with E-state index in [1.165, 1.54) is 6.20 Å². The van der Waals surface area contributed by atoms with Gasteiger partial charge in [0.2, 0.25) is 0 Å². The summed E-state index contributed by atoms with van der Waals surface area (Å²) in [7, 11) is 0. The molecule has 104 valence electrons. The SMILES string of the molecule is C=CCc1cn([C@@H]2O[C@H](CO)C[C@H]2O)c(=O)[nH]c1=O. The molecule has 0 aromatic carbocycles. The van der Waals surface area contributed by atoms with Crippen molar-refractivity contribution < 1.29 is 14.9 Å². The van der Waals surface area contributed by atoms with Crippen molar-refractivity contribution in [3.05, 3.63) is 45.3 Å². The number of aromatic nitrogens is 2. The van der Waals surface area contributed by atoms with Gasteiger partial charge in [0, 0.05) is 18.2 Å². The Hall–Kier alpha value is -1.70. The second kappa shape index (κ2) is 5.52. The molecule has 1 aliphatic heterocycles. The Morgan fingerprint density at radius 2 is 2.32 bits per heavy atom. The van der Waals surface area contributed by atoms with E-state index in [1.807, 2.05) is 0 Å². The number of aliphatic hydroxyl groups is 2. The van der Waals surface area contributed by atoms with Gasteiger partial charge in [0.15, 0.2) is 6.23 Å². The topological polar surface area (TPSA) is 105 Å². The monoisotopic (exact) mass is 268 g/mol. The summed E-state index contributed by atoms with van der Waals surface area (Å²) in [6, 6.07) is 0. The predicted molar refractivity (Wildman–Crippen MR) is 66.8 cm³/mol. The predicted octanol–water partition coefficient (Wildman–Crippen LogP) is -1.09. The number of hydrogen-bond acceptors (Lipinski definition) is 5. The molecule has 0 radical (unpaired) electrons. The van der Waals surface area contributed by atoms with Crippen molar-refractivity contribution in [3.63, 3.8) is 0 Å². The molecule has 2 rings (SSSR count).